The molecule has 3 rings (SSSR count). The molecule has 1 saturated heterocycles. The zero-order valence-corrected chi connectivity index (χ0v) is 15.4. The number of rotatable bonds is 8. The molecule has 1 fully saturated rings. The maximum Gasteiger partial charge on any atom is 0.587 e. The predicted molar refractivity (Wildman–Crippen MR) is 95.6 cm³/mol. The van der Waals surface area contributed by atoms with Crippen LogP contribution in [-0.4, -0.2) is 52.3 Å². The Labute approximate surface area is 160 Å². The number of aliphatic hydroxyl groups excluding tert-OH is 3. The van der Waals surface area contributed by atoms with Crippen LogP contribution in [0.2, 0.25) is 0 Å². The summed E-state index contributed by atoms with van der Waals surface area (Å²) in [5.41, 5.74) is 0. The zero-order valence-electron chi connectivity index (χ0n) is 14.5. The third-order valence-corrected chi connectivity index (χ3v) is 5.19. The topological polar surface area (TPSA) is 132 Å². The Hall–Kier alpha value is -2.42. The summed E-state index contributed by atoms with van der Waals surface area (Å²) in [6.45, 7) is -0.654. The molecule has 1 unspecified atom stereocenters. The van der Waals surface area contributed by atoms with Crippen molar-refractivity contribution in [2.75, 3.05) is 6.61 Å². The monoisotopic (exact) mass is 410 g/mol. The van der Waals surface area contributed by atoms with Gasteiger partial charge in [-0.05, 0) is 24.3 Å². The number of hydrogen-bond donors (Lipinski definition) is 3. The van der Waals surface area contributed by atoms with Gasteiger partial charge in [0.1, 0.15) is 23.7 Å². The number of phosphoric ester groups is 1. The lowest BCUT2D eigenvalue weighted by Gasteiger charge is -2.23. The molecular formula is C18H19O9P. The molecule has 0 spiro atoms. The van der Waals surface area contributed by atoms with E-state index < -0.39 is 44.8 Å². The molecule has 10 heteroatoms. The van der Waals surface area contributed by atoms with Gasteiger partial charge in [-0.2, -0.15) is 0 Å². The number of esters is 1. The van der Waals surface area contributed by atoms with Crippen molar-refractivity contribution < 1.29 is 43.0 Å². The van der Waals surface area contributed by atoms with Gasteiger partial charge in [0.25, 0.3) is 0 Å². The van der Waals surface area contributed by atoms with Crippen molar-refractivity contribution in [1.29, 1.82) is 0 Å². The maximum atomic E-state index is 13.1. The average Bonchev–Trinajstić information content (AvgIpc) is 2.95. The van der Waals surface area contributed by atoms with Gasteiger partial charge >= 0.3 is 13.8 Å². The molecule has 0 radical (unpaired) electrons. The number of carbonyl (C=O) groups excluding carboxylic acids is 1. The molecule has 0 amide bonds. The highest BCUT2D eigenvalue weighted by Crippen LogP contribution is 2.49. The standard InChI is InChI=1S/C18H19O9P/c19-14(17-15(20)16(21)18(22)25-17)11-24-28(23,26-12-7-3-1-4-8-12)27-13-9-5-2-6-10-13/h1-10,14-17,19-21H,11H2/t14-,15+,16?,17+/m0/s1. The van der Waals surface area contributed by atoms with E-state index in [-0.39, 0.29) is 11.5 Å². The van der Waals surface area contributed by atoms with Crippen LogP contribution in [0.1, 0.15) is 0 Å². The molecular weight excluding hydrogens is 391 g/mol. The van der Waals surface area contributed by atoms with E-state index in [0.717, 1.165) is 0 Å². The van der Waals surface area contributed by atoms with Crippen LogP contribution in [0.5, 0.6) is 11.5 Å². The molecule has 1 aliphatic heterocycles. The van der Waals surface area contributed by atoms with E-state index in [1.807, 2.05) is 0 Å². The van der Waals surface area contributed by atoms with Crippen LogP contribution in [0.25, 0.3) is 0 Å². The molecule has 0 bridgehead atoms. The van der Waals surface area contributed by atoms with Crippen molar-refractivity contribution in [2.24, 2.45) is 0 Å². The summed E-state index contributed by atoms with van der Waals surface area (Å²) >= 11 is 0. The quantitative estimate of drug-likeness (QED) is 0.435. The number of cyclic esters (lactones) is 1. The second-order valence-electron chi connectivity index (χ2n) is 5.96. The minimum absolute atomic E-state index is 0.207. The number of phosphoric acid groups is 1. The fourth-order valence-corrected chi connectivity index (χ4v) is 3.69. The third-order valence-electron chi connectivity index (χ3n) is 3.86. The second kappa shape index (κ2) is 8.72. The number of ether oxygens (including phenoxy) is 1. The number of carbonyl (C=O) groups is 1. The van der Waals surface area contributed by atoms with Crippen LogP contribution >= 0.6 is 7.82 Å². The van der Waals surface area contributed by atoms with E-state index >= 15 is 0 Å². The van der Waals surface area contributed by atoms with Gasteiger partial charge < -0.3 is 29.1 Å². The maximum absolute atomic E-state index is 13.1. The van der Waals surface area contributed by atoms with Gasteiger partial charge in [0, 0.05) is 0 Å². The van der Waals surface area contributed by atoms with Gasteiger partial charge in [0.2, 0.25) is 0 Å². The smallest absolute Gasteiger partial charge is 0.455 e. The minimum atomic E-state index is -4.25. The molecule has 1 aliphatic rings. The van der Waals surface area contributed by atoms with Crippen molar-refractivity contribution in [2.45, 2.75) is 24.4 Å². The Morgan fingerprint density at radius 1 is 0.964 bits per heavy atom. The second-order valence-corrected chi connectivity index (χ2v) is 7.47. The van der Waals surface area contributed by atoms with Crippen LogP contribution < -0.4 is 9.05 Å². The van der Waals surface area contributed by atoms with E-state index in [2.05, 4.69) is 0 Å². The van der Waals surface area contributed by atoms with Crippen molar-refractivity contribution in [3.05, 3.63) is 60.7 Å². The fraction of sp³-hybridized carbons (Fsp3) is 0.278. The Morgan fingerprint density at radius 2 is 1.46 bits per heavy atom. The summed E-state index contributed by atoms with van der Waals surface area (Å²) in [5, 5.41) is 29.3. The van der Waals surface area contributed by atoms with Crippen molar-refractivity contribution in [3.8, 4) is 11.5 Å². The SMILES string of the molecule is O=C1O[C@H]([C@@H](O)COP(=O)(Oc2ccccc2)Oc2ccccc2)[C@H](O)C1O. The Kier molecular flexibility index (Phi) is 6.33. The largest absolute Gasteiger partial charge is 0.587 e. The van der Waals surface area contributed by atoms with Gasteiger partial charge in [-0.3, -0.25) is 4.52 Å². The molecule has 0 saturated carbocycles. The molecule has 150 valence electrons. The first kappa shape index (κ1) is 20.3. The van der Waals surface area contributed by atoms with Gasteiger partial charge in [-0.25, -0.2) is 9.36 Å². The normalized spacial score (nSPS) is 23.1. The van der Waals surface area contributed by atoms with Crippen LogP contribution in [0, 0.1) is 0 Å². The van der Waals surface area contributed by atoms with Gasteiger partial charge in [-0.15, -0.1) is 0 Å². The number of benzene rings is 2. The number of hydrogen-bond acceptors (Lipinski definition) is 9. The van der Waals surface area contributed by atoms with Gasteiger partial charge in [0.05, 0.1) is 6.61 Å². The fourth-order valence-electron chi connectivity index (χ4n) is 2.45. The predicted octanol–water partition coefficient (Wildman–Crippen LogP) is 1.28. The van der Waals surface area contributed by atoms with Gasteiger partial charge in [-0.1, -0.05) is 36.4 Å². The lowest BCUT2D eigenvalue weighted by atomic mass is 10.1. The summed E-state index contributed by atoms with van der Waals surface area (Å²) < 4.78 is 33.7. The summed E-state index contributed by atoms with van der Waals surface area (Å²) in [4.78, 5) is 11.3. The van der Waals surface area contributed by atoms with Crippen molar-refractivity contribution >= 4 is 13.8 Å². The Morgan fingerprint density at radius 3 is 1.89 bits per heavy atom. The zero-order chi connectivity index (χ0) is 20.1. The lowest BCUT2D eigenvalue weighted by molar-refractivity contribution is -0.151. The molecule has 3 N–H and O–H groups in total. The van der Waals surface area contributed by atoms with E-state index in [0.29, 0.717) is 0 Å². The number of aliphatic hydroxyl groups is 3. The van der Waals surface area contributed by atoms with Crippen LogP contribution in [0.4, 0.5) is 0 Å². The molecule has 28 heavy (non-hydrogen) atoms. The van der Waals surface area contributed by atoms with E-state index in [9.17, 15) is 24.7 Å². The van der Waals surface area contributed by atoms with Crippen LogP contribution in [0.15, 0.2) is 60.7 Å². The molecule has 0 aromatic heterocycles. The average molecular weight is 410 g/mol. The summed E-state index contributed by atoms with van der Waals surface area (Å²) in [6, 6.07) is 16.3. The highest BCUT2D eigenvalue weighted by molar-refractivity contribution is 7.49. The van der Waals surface area contributed by atoms with Gasteiger partial charge in [0.15, 0.2) is 12.2 Å². The van der Waals surface area contributed by atoms with Crippen LogP contribution in [0.3, 0.4) is 0 Å². The first-order valence-corrected chi connectivity index (χ1v) is 9.82. The highest BCUT2D eigenvalue weighted by Gasteiger charge is 2.47. The van der Waals surface area contributed by atoms with Crippen molar-refractivity contribution in [1.82, 2.24) is 0 Å². The van der Waals surface area contributed by atoms with E-state index in [1.165, 1.54) is 0 Å². The molecule has 4 atom stereocenters. The Bertz CT molecular complexity index is 784. The number of para-hydroxylation sites is 2. The first-order chi connectivity index (χ1) is 13.4. The van der Waals surface area contributed by atoms with E-state index in [4.69, 9.17) is 18.3 Å². The first-order valence-electron chi connectivity index (χ1n) is 8.36. The van der Waals surface area contributed by atoms with Crippen LogP contribution in [-0.2, 0) is 18.6 Å². The summed E-state index contributed by atoms with van der Waals surface area (Å²) in [6.07, 6.45) is -6.43. The molecule has 2 aromatic carbocycles. The Balaban J connectivity index is 1.71. The molecule has 0 aliphatic carbocycles. The molecule has 1 heterocycles. The third kappa shape index (κ3) is 4.89. The highest BCUT2D eigenvalue weighted by atomic mass is 31.2. The molecule has 2 aromatic rings. The van der Waals surface area contributed by atoms with Crippen molar-refractivity contribution in [3.63, 3.8) is 0 Å². The minimum Gasteiger partial charge on any atom is -0.455 e. The summed E-state index contributed by atoms with van der Waals surface area (Å²) in [5.74, 6) is -0.654. The summed E-state index contributed by atoms with van der Waals surface area (Å²) in [7, 11) is -4.25. The molecule has 9 nitrogen and oxygen atoms in total. The van der Waals surface area contributed by atoms with E-state index in [1.54, 1.807) is 60.7 Å². The lowest BCUT2D eigenvalue weighted by Crippen LogP contribution is -2.40.